The molecule has 2 amide bonds. The number of hydrogen-bond donors (Lipinski definition) is 1. The molecule has 1 aliphatic heterocycles. The van der Waals surface area contributed by atoms with Gasteiger partial charge in [-0.3, -0.25) is 9.59 Å². The van der Waals surface area contributed by atoms with Crippen LogP contribution in [0.4, 0.5) is 0 Å². The summed E-state index contributed by atoms with van der Waals surface area (Å²) in [5.41, 5.74) is 1.94. The first-order valence-electron chi connectivity index (χ1n) is 8.75. The van der Waals surface area contributed by atoms with Crippen LogP contribution in [0.1, 0.15) is 32.7 Å². The molecule has 1 saturated heterocycles. The molecule has 0 radical (unpaired) electrons. The first-order chi connectivity index (χ1) is 12.8. The van der Waals surface area contributed by atoms with Crippen LogP contribution in [0.2, 0.25) is 0 Å². The zero-order valence-electron chi connectivity index (χ0n) is 15.1. The molecule has 2 aromatic carbocycles. The topological polar surface area (TPSA) is 83.6 Å². The zero-order chi connectivity index (χ0) is 19.4. The summed E-state index contributed by atoms with van der Waals surface area (Å²) in [7, 11) is -1.31. The Kier molecular flexibility index (Phi) is 5.60. The van der Waals surface area contributed by atoms with Crippen molar-refractivity contribution in [3.05, 3.63) is 71.3 Å². The van der Waals surface area contributed by atoms with E-state index in [4.69, 9.17) is 0 Å². The van der Waals surface area contributed by atoms with Gasteiger partial charge in [0.1, 0.15) is 0 Å². The Balaban J connectivity index is 1.60. The lowest BCUT2D eigenvalue weighted by Gasteiger charge is -2.17. The van der Waals surface area contributed by atoms with Gasteiger partial charge in [-0.2, -0.15) is 0 Å². The van der Waals surface area contributed by atoms with E-state index in [1.54, 1.807) is 36.2 Å². The largest absolute Gasteiger partial charge is 0.348 e. The Hall–Kier alpha value is -2.67. The molecule has 0 spiro atoms. The first kappa shape index (κ1) is 19.1. The first-order valence-corrected chi connectivity index (χ1v) is 10.6. The number of amides is 2. The molecule has 2 aromatic rings. The molecule has 0 bridgehead atoms. The molecule has 1 fully saturated rings. The summed E-state index contributed by atoms with van der Waals surface area (Å²) in [6.45, 7) is 0.498. The standard InChI is InChI=1S/C20H22N2O4S/c1-22(13-15-5-3-2-4-6-15)20(24)17-9-7-16(8-10-17)19(23)21-18-11-12-27(25,26)14-18/h2-10,18H,11-14H2,1H3,(H,21,23). The predicted molar refractivity (Wildman–Crippen MR) is 103 cm³/mol. The third kappa shape index (κ3) is 4.95. The fourth-order valence-electron chi connectivity index (χ4n) is 3.09. The summed E-state index contributed by atoms with van der Waals surface area (Å²) >= 11 is 0. The lowest BCUT2D eigenvalue weighted by molar-refractivity contribution is 0.0784. The van der Waals surface area contributed by atoms with Gasteiger partial charge in [0.25, 0.3) is 11.8 Å². The van der Waals surface area contributed by atoms with E-state index in [-0.39, 0.29) is 29.4 Å². The van der Waals surface area contributed by atoms with Crippen molar-refractivity contribution in [3.63, 3.8) is 0 Å². The molecule has 0 aromatic heterocycles. The second kappa shape index (κ2) is 7.92. The number of nitrogens with zero attached hydrogens (tertiary/aromatic N) is 1. The van der Waals surface area contributed by atoms with Gasteiger partial charge >= 0.3 is 0 Å². The van der Waals surface area contributed by atoms with E-state index >= 15 is 0 Å². The number of hydrogen-bond acceptors (Lipinski definition) is 4. The summed E-state index contributed by atoms with van der Waals surface area (Å²) in [6, 6.07) is 15.8. The molecule has 7 heteroatoms. The van der Waals surface area contributed by atoms with Gasteiger partial charge in [-0.1, -0.05) is 30.3 Å². The molecule has 1 heterocycles. The molecule has 1 atom stereocenters. The van der Waals surface area contributed by atoms with Crippen LogP contribution in [-0.4, -0.2) is 49.7 Å². The van der Waals surface area contributed by atoms with E-state index in [9.17, 15) is 18.0 Å². The highest BCUT2D eigenvalue weighted by atomic mass is 32.2. The van der Waals surface area contributed by atoms with Crippen molar-refractivity contribution < 1.29 is 18.0 Å². The van der Waals surface area contributed by atoms with Crippen LogP contribution in [0, 0.1) is 0 Å². The van der Waals surface area contributed by atoms with Gasteiger partial charge in [-0.05, 0) is 36.2 Å². The summed E-state index contributed by atoms with van der Waals surface area (Å²) in [5.74, 6) is -0.361. The van der Waals surface area contributed by atoms with E-state index < -0.39 is 9.84 Å². The van der Waals surface area contributed by atoms with E-state index in [2.05, 4.69) is 5.32 Å². The highest BCUT2D eigenvalue weighted by Crippen LogP contribution is 2.13. The number of benzene rings is 2. The van der Waals surface area contributed by atoms with E-state index in [1.165, 1.54) is 0 Å². The molecule has 0 aliphatic carbocycles. The minimum atomic E-state index is -3.04. The second-order valence-electron chi connectivity index (χ2n) is 6.80. The van der Waals surface area contributed by atoms with E-state index in [0.717, 1.165) is 5.56 Å². The molecule has 3 rings (SSSR count). The molecule has 0 saturated carbocycles. The molecular formula is C20H22N2O4S. The van der Waals surface area contributed by atoms with Gasteiger partial charge in [0.15, 0.2) is 9.84 Å². The maximum atomic E-state index is 12.5. The predicted octanol–water partition coefficient (Wildman–Crippen LogP) is 1.88. The van der Waals surface area contributed by atoms with Gasteiger partial charge in [0.05, 0.1) is 11.5 Å². The average Bonchev–Trinajstić information content (AvgIpc) is 3.00. The van der Waals surface area contributed by atoms with E-state index in [1.807, 2.05) is 30.3 Å². The Labute approximate surface area is 159 Å². The molecule has 142 valence electrons. The van der Waals surface area contributed by atoms with Crippen molar-refractivity contribution in [1.29, 1.82) is 0 Å². The minimum Gasteiger partial charge on any atom is -0.348 e. The molecular weight excluding hydrogens is 364 g/mol. The van der Waals surface area contributed by atoms with Crippen molar-refractivity contribution in [2.24, 2.45) is 0 Å². The summed E-state index contributed by atoms with van der Waals surface area (Å²) in [6.07, 6.45) is 0.439. The second-order valence-corrected chi connectivity index (χ2v) is 9.03. The zero-order valence-corrected chi connectivity index (χ0v) is 15.9. The lowest BCUT2D eigenvalue weighted by atomic mass is 10.1. The fourth-order valence-corrected chi connectivity index (χ4v) is 4.76. The highest BCUT2D eigenvalue weighted by Gasteiger charge is 2.29. The maximum Gasteiger partial charge on any atom is 0.253 e. The van der Waals surface area contributed by atoms with Gasteiger partial charge in [0.2, 0.25) is 0 Å². The number of carbonyl (C=O) groups excluding carboxylic acids is 2. The smallest absolute Gasteiger partial charge is 0.253 e. The third-order valence-corrected chi connectivity index (χ3v) is 6.34. The van der Waals surface area contributed by atoms with Gasteiger partial charge < -0.3 is 10.2 Å². The Morgan fingerprint density at radius 1 is 1.04 bits per heavy atom. The van der Waals surface area contributed by atoms with Crippen LogP contribution >= 0.6 is 0 Å². The van der Waals surface area contributed by atoms with Crippen molar-refractivity contribution in [3.8, 4) is 0 Å². The number of nitrogens with one attached hydrogen (secondary N) is 1. The van der Waals surface area contributed by atoms with Crippen LogP contribution in [0.15, 0.2) is 54.6 Å². The quantitative estimate of drug-likeness (QED) is 0.850. The van der Waals surface area contributed by atoms with Gasteiger partial charge in [0, 0.05) is 30.8 Å². The van der Waals surface area contributed by atoms with Gasteiger partial charge in [-0.15, -0.1) is 0 Å². The van der Waals surface area contributed by atoms with Crippen LogP contribution < -0.4 is 5.32 Å². The fraction of sp³-hybridized carbons (Fsp3) is 0.300. The Morgan fingerprint density at radius 2 is 1.67 bits per heavy atom. The van der Waals surface area contributed by atoms with Gasteiger partial charge in [-0.25, -0.2) is 8.42 Å². The molecule has 1 N–H and O–H groups in total. The normalized spacial score (nSPS) is 18.0. The van der Waals surface area contributed by atoms with Crippen molar-refractivity contribution in [2.45, 2.75) is 19.0 Å². The number of carbonyl (C=O) groups is 2. The summed E-state index contributed by atoms with van der Waals surface area (Å²) in [5, 5.41) is 2.74. The average molecular weight is 386 g/mol. The van der Waals surface area contributed by atoms with Crippen molar-refractivity contribution >= 4 is 21.7 Å². The highest BCUT2D eigenvalue weighted by molar-refractivity contribution is 7.91. The number of rotatable bonds is 5. The molecule has 6 nitrogen and oxygen atoms in total. The van der Waals surface area contributed by atoms with Crippen LogP contribution in [-0.2, 0) is 16.4 Å². The Bertz CT molecular complexity index is 924. The maximum absolute atomic E-state index is 12.5. The third-order valence-electron chi connectivity index (χ3n) is 4.57. The minimum absolute atomic E-state index is 0.0143. The summed E-state index contributed by atoms with van der Waals surface area (Å²) < 4.78 is 23.0. The van der Waals surface area contributed by atoms with Crippen LogP contribution in [0.3, 0.4) is 0 Å². The van der Waals surface area contributed by atoms with Crippen molar-refractivity contribution in [1.82, 2.24) is 10.2 Å². The van der Waals surface area contributed by atoms with Crippen LogP contribution in [0.25, 0.3) is 0 Å². The molecule has 1 aliphatic rings. The van der Waals surface area contributed by atoms with Crippen LogP contribution in [0.5, 0.6) is 0 Å². The SMILES string of the molecule is CN(Cc1ccccc1)C(=O)c1ccc(C(=O)NC2CCS(=O)(=O)C2)cc1. The van der Waals surface area contributed by atoms with Crippen molar-refractivity contribution in [2.75, 3.05) is 18.6 Å². The monoisotopic (exact) mass is 386 g/mol. The Morgan fingerprint density at radius 3 is 2.26 bits per heavy atom. The number of sulfone groups is 1. The van der Waals surface area contributed by atoms with E-state index in [0.29, 0.717) is 24.1 Å². The molecule has 1 unspecified atom stereocenters. The molecule has 27 heavy (non-hydrogen) atoms. The summed E-state index contributed by atoms with van der Waals surface area (Å²) in [4.78, 5) is 26.4. The lowest BCUT2D eigenvalue weighted by Crippen LogP contribution is -2.35.